The van der Waals surface area contributed by atoms with Crippen LogP contribution in [0, 0.1) is 0 Å². The van der Waals surface area contributed by atoms with Crippen molar-refractivity contribution in [1.82, 2.24) is 0 Å². The summed E-state index contributed by atoms with van der Waals surface area (Å²) in [4.78, 5) is 11.1. The summed E-state index contributed by atoms with van der Waals surface area (Å²) < 4.78 is 11.4. The summed E-state index contributed by atoms with van der Waals surface area (Å²) in [6, 6.07) is 7.50. The summed E-state index contributed by atoms with van der Waals surface area (Å²) >= 11 is 0. The third kappa shape index (κ3) is 2.13. The number of epoxide rings is 1. The molecular formula is C13H15NO3. The summed E-state index contributed by atoms with van der Waals surface area (Å²) in [7, 11) is 0. The Bertz CT molecular complexity index is 446. The first-order chi connectivity index (χ1) is 8.24. The smallest absolute Gasteiger partial charge is 0.221 e. The van der Waals surface area contributed by atoms with Gasteiger partial charge in [0.05, 0.1) is 11.8 Å². The molecule has 1 saturated heterocycles. The van der Waals surface area contributed by atoms with Gasteiger partial charge in [0.2, 0.25) is 5.91 Å². The maximum Gasteiger partial charge on any atom is 0.221 e. The molecule has 1 heterocycles. The number of hydrogen-bond acceptors (Lipinski definition) is 3. The van der Waals surface area contributed by atoms with Gasteiger partial charge in [-0.1, -0.05) is 12.1 Å². The topological polar surface area (TPSA) is 50.9 Å². The fourth-order valence-electron chi connectivity index (χ4n) is 2.36. The predicted molar refractivity (Wildman–Crippen MR) is 63.1 cm³/mol. The summed E-state index contributed by atoms with van der Waals surface area (Å²) in [5.41, 5.74) is 0.726. The Morgan fingerprint density at radius 3 is 2.88 bits per heavy atom. The van der Waals surface area contributed by atoms with Crippen LogP contribution in [-0.2, 0) is 9.53 Å². The van der Waals surface area contributed by atoms with Crippen LogP contribution in [0.2, 0.25) is 0 Å². The highest BCUT2D eigenvalue weighted by atomic mass is 16.6. The molecule has 3 atom stereocenters. The van der Waals surface area contributed by atoms with Crippen LogP contribution in [0.15, 0.2) is 24.3 Å². The van der Waals surface area contributed by atoms with Crippen LogP contribution in [0.5, 0.6) is 5.75 Å². The molecule has 2 aliphatic rings. The zero-order valence-electron chi connectivity index (χ0n) is 9.68. The van der Waals surface area contributed by atoms with Crippen molar-refractivity contribution in [3.8, 4) is 5.75 Å². The van der Waals surface area contributed by atoms with E-state index in [0.29, 0.717) is 6.10 Å². The number of amides is 1. The van der Waals surface area contributed by atoms with E-state index < -0.39 is 0 Å². The zero-order valence-corrected chi connectivity index (χ0v) is 9.68. The monoisotopic (exact) mass is 233 g/mol. The molecule has 17 heavy (non-hydrogen) atoms. The molecule has 4 heteroatoms. The number of benzene rings is 1. The van der Waals surface area contributed by atoms with Crippen molar-refractivity contribution in [3.63, 3.8) is 0 Å². The minimum absolute atomic E-state index is 0.0898. The van der Waals surface area contributed by atoms with E-state index >= 15 is 0 Å². The lowest BCUT2D eigenvalue weighted by atomic mass is 10.2. The SMILES string of the molecule is CC(=O)Nc1ccccc1OC1CCC2OC12. The number of anilines is 1. The van der Waals surface area contributed by atoms with Gasteiger partial charge in [-0.15, -0.1) is 0 Å². The van der Waals surface area contributed by atoms with Gasteiger partial charge in [-0.25, -0.2) is 0 Å². The molecule has 1 aromatic rings. The maximum absolute atomic E-state index is 11.1. The molecule has 4 nitrogen and oxygen atoms in total. The van der Waals surface area contributed by atoms with Crippen molar-refractivity contribution >= 4 is 11.6 Å². The van der Waals surface area contributed by atoms with Gasteiger partial charge in [-0.05, 0) is 25.0 Å². The molecule has 0 aromatic heterocycles. The molecule has 90 valence electrons. The van der Waals surface area contributed by atoms with Gasteiger partial charge in [-0.3, -0.25) is 4.79 Å². The first-order valence-corrected chi connectivity index (χ1v) is 5.93. The number of ether oxygens (including phenoxy) is 2. The van der Waals surface area contributed by atoms with E-state index in [2.05, 4.69) is 5.32 Å². The molecule has 0 bridgehead atoms. The molecular weight excluding hydrogens is 218 g/mol. The lowest BCUT2D eigenvalue weighted by Crippen LogP contribution is -2.20. The molecule has 3 rings (SSSR count). The average molecular weight is 233 g/mol. The Morgan fingerprint density at radius 1 is 1.41 bits per heavy atom. The first-order valence-electron chi connectivity index (χ1n) is 5.93. The Morgan fingerprint density at radius 2 is 2.24 bits per heavy atom. The van der Waals surface area contributed by atoms with E-state index in [1.54, 1.807) is 0 Å². The summed E-state index contributed by atoms with van der Waals surface area (Å²) in [6.45, 7) is 1.49. The number of hydrogen-bond donors (Lipinski definition) is 1. The van der Waals surface area contributed by atoms with E-state index in [4.69, 9.17) is 9.47 Å². The lowest BCUT2D eigenvalue weighted by Gasteiger charge is -2.17. The predicted octanol–water partition coefficient (Wildman–Crippen LogP) is 1.95. The molecule has 1 saturated carbocycles. The van der Waals surface area contributed by atoms with E-state index in [-0.39, 0.29) is 18.1 Å². The van der Waals surface area contributed by atoms with Crippen molar-refractivity contribution in [2.24, 2.45) is 0 Å². The number of fused-ring (bicyclic) bond motifs is 1. The molecule has 1 N–H and O–H groups in total. The molecule has 1 aliphatic carbocycles. The third-order valence-corrected chi connectivity index (χ3v) is 3.20. The van der Waals surface area contributed by atoms with Crippen molar-refractivity contribution in [1.29, 1.82) is 0 Å². The summed E-state index contributed by atoms with van der Waals surface area (Å²) in [5, 5.41) is 2.77. The highest BCUT2D eigenvalue weighted by Crippen LogP contribution is 2.41. The Hall–Kier alpha value is -1.55. The molecule has 1 amide bonds. The number of carbonyl (C=O) groups is 1. The van der Waals surface area contributed by atoms with Gasteiger partial charge in [0, 0.05) is 6.92 Å². The van der Waals surface area contributed by atoms with E-state index in [1.165, 1.54) is 6.92 Å². The zero-order chi connectivity index (χ0) is 11.8. The maximum atomic E-state index is 11.1. The second-order valence-corrected chi connectivity index (χ2v) is 4.55. The second-order valence-electron chi connectivity index (χ2n) is 4.55. The summed E-state index contributed by atoms with van der Waals surface area (Å²) in [6.07, 6.45) is 2.92. The standard InChI is InChI=1S/C13H15NO3/c1-8(15)14-9-4-2-3-5-10(9)16-11-6-7-12-13(11)17-12/h2-5,11-13H,6-7H2,1H3,(H,14,15). The van der Waals surface area contributed by atoms with Crippen molar-refractivity contribution in [2.45, 2.75) is 38.1 Å². The largest absolute Gasteiger partial charge is 0.485 e. The van der Waals surface area contributed by atoms with E-state index in [9.17, 15) is 4.79 Å². The quantitative estimate of drug-likeness (QED) is 0.812. The fraction of sp³-hybridized carbons (Fsp3) is 0.462. The number of carbonyl (C=O) groups excluding carboxylic acids is 1. The van der Waals surface area contributed by atoms with Gasteiger partial charge in [0.1, 0.15) is 18.0 Å². The van der Waals surface area contributed by atoms with Crippen molar-refractivity contribution in [2.75, 3.05) is 5.32 Å². The first kappa shape index (κ1) is 10.6. The lowest BCUT2D eigenvalue weighted by molar-refractivity contribution is -0.114. The minimum Gasteiger partial charge on any atom is -0.485 e. The molecule has 0 spiro atoms. The number of nitrogens with one attached hydrogen (secondary N) is 1. The van der Waals surface area contributed by atoms with Gasteiger partial charge >= 0.3 is 0 Å². The van der Waals surface area contributed by atoms with Crippen LogP contribution in [0.1, 0.15) is 19.8 Å². The highest BCUT2D eigenvalue weighted by molar-refractivity contribution is 5.90. The van der Waals surface area contributed by atoms with Crippen LogP contribution >= 0.6 is 0 Å². The number of rotatable bonds is 3. The van der Waals surface area contributed by atoms with Crippen LogP contribution < -0.4 is 10.1 Å². The Balaban J connectivity index is 1.74. The Kier molecular flexibility index (Phi) is 2.52. The molecule has 1 aromatic carbocycles. The third-order valence-electron chi connectivity index (χ3n) is 3.20. The molecule has 2 fully saturated rings. The molecule has 1 aliphatic heterocycles. The molecule has 3 unspecified atom stereocenters. The van der Waals surface area contributed by atoms with E-state index in [1.807, 2.05) is 24.3 Å². The Labute approximate surface area is 99.9 Å². The van der Waals surface area contributed by atoms with Gasteiger partial charge in [0.25, 0.3) is 0 Å². The van der Waals surface area contributed by atoms with Crippen LogP contribution in [0.4, 0.5) is 5.69 Å². The normalized spacial score (nSPS) is 29.6. The fourth-order valence-corrected chi connectivity index (χ4v) is 2.36. The van der Waals surface area contributed by atoms with Crippen LogP contribution in [-0.4, -0.2) is 24.2 Å². The highest BCUT2D eigenvalue weighted by Gasteiger charge is 2.51. The van der Waals surface area contributed by atoms with Gasteiger partial charge in [0.15, 0.2) is 0 Å². The van der Waals surface area contributed by atoms with Gasteiger partial charge < -0.3 is 14.8 Å². The molecule has 0 radical (unpaired) electrons. The van der Waals surface area contributed by atoms with Crippen molar-refractivity contribution < 1.29 is 14.3 Å². The van der Waals surface area contributed by atoms with Crippen LogP contribution in [0.3, 0.4) is 0 Å². The summed E-state index contributed by atoms with van der Waals surface area (Å²) in [5.74, 6) is 0.636. The van der Waals surface area contributed by atoms with E-state index in [0.717, 1.165) is 24.3 Å². The average Bonchev–Trinajstić information content (AvgIpc) is 2.97. The van der Waals surface area contributed by atoms with Crippen LogP contribution in [0.25, 0.3) is 0 Å². The minimum atomic E-state index is -0.0898. The second kappa shape index (κ2) is 4.04. The van der Waals surface area contributed by atoms with Crippen molar-refractivity contribution in [3.05, 3.63) is 24.3 Å². The number of para-hydroxylation sites is 2. The van der Waals surface area contributed by atoms with Gasteiger partial charge in [-0.2, -0.15) is 0 Å².